The van der Waals surface area contributed by atoms with Crippen LogP contribution >= 0.6 is 11.6 Å². The molecule has 3 rings (SSSR count). The summed E-state index contributed by atoms with van der Waals surface area (Å²) in [5.41, 5.74) is 1.88. The van der Waals surface area contributed by atoms with Crippen molar-refractivity contribution in [1.29, 1.82) is 0 Å². The summed E-state index contributed by atoms with van der Waals surface area (Å²) < 4.78 is 18.5. The van der Waals surface area contributed by atoms with Gasteiger partial charge in [0.2, 0.25) is 5.91 Å². The highest BCUT2D eigenvalue weighted by Crippen LogP contribution is 2.20. The van der Waals surface area contributed by atoms with Gasteiger partial charge in [-0.2, -0.15) is 0 Å². The van der Waals surface area contributed by atoms with E-state index in [4.69, 9.17) is 16.3 Å². The third kappa shape index (κ3) is 4.85. The minimum Gasteiger partial charge on any atom is -0.364 e. The van der Waals surface area contributed by atoms with Gasteiger partial charge in [0, 0.05) is 12.2 Å². The molecule has 2 amide bonds. The molecule has 0 aliphatic heterocycles. The van der Waals surface area contributed by atoms with Crippen molar-refractivity contribution < 1.29 is 18.7 Å². The first-order chi connectivity index (χ1) is 13.5. The zero-order valence-electron chi connectivity index (χ0n) is 15.0. The summed E-state index contributed by atoms with van der Waals surface area (Å²) in [7, 11) is 0. The van der Waals surface area contributed by atoms with Crippen LogP contribution in [0, 0.1) is 5.82 Å². The lowest BCUT2D eigenvalue weighted by atomic mass is 10.2. The number of fused-ring (bicyclic) bond motifs is 1. The number of rotatable bonds is 7. The highest BCUT2D eigenvalue weighted by Gasteiger charge is 2.12. The molecule has 0 spiro atoms. The fourth-order valence-corrected chi connectivity index (χ4v) is 2.78. The highest BCUT2D eigenvalue weighted by molar-refractivity contribution is 6.34. The number of carbonyl (C=O) groups is 2. The molecule has 0 bridgehead atoms. The SMILES string of the molecule is CCNC(=O)c1cc(NC(=O)COCc2nc3ccc(F)cc3[nH]2)ccc1Cl. The number of nitrogens with zero attached hydrogens (tertiary/aromatic N) is 1. The minimum atomic E-state index is -0.397. The number of carbonyl (C=O) groups excluding carboxylic acids is 2. The Kier molecular flexibility index (Phi) is 6.23. The van der Waals surface area contributed by atoms with Crippen molar-refractivity contribution in [1.82, 2.24) is 15.3 Å². The van der Waals surface area contributed by atoms with Crippen LogP contribution in [-0.2, 0) is 16.1 Å². The normalized spacial score (nSPS) is 10.8. The Bertz CT molecular complexity index is 1020. The second-order valence-corrected chi connectivity index (χ2v) is 6.35. The van der Waals surface area contributed by atoms with Crippen LogP contribution in [-0.4, -0.2) is 34.9 Å². The van der Waals surface area contributed by atoms with Gasteiger partial charge in [-0.1, -0.05) is 11.6 Å². The van der Waals surface area contributed by atoms with Gasteiger partial charge < -0.3 is 20.4 Å². The number of hydrogen-bond donors (Lipinski definition) is 3. The molecule has 0 atom stereocenters. The summed E-state index contributed by atoms with van der Waals surface area (Å²) in [5.74, 6) is -0.594. The number of anilines is 1. The molecule has 0 saturated carbocycles. The number of nitrogens with one attached hydrogen (secondary N) is 3. The number of aromatic nitrogens is 2. The maximum Gasteiger partial charge on any atom is 0.252 e. The number of benzene rings is 2. The number of H-pyrrole nitrogens is 1. The second-order valence-electron chi connectivity index (χ2n) is 5.94. The molecule has 0 saturated heterocycles. The lowest BCUT2D eigenvalue weighted by molar-refractivity contribution is -0.121. The van der Waals surface area contributed by atoms with Gasteiger partial charge in [-0.15, -0.1) is 0 Å². The Morgan fingerprint density at radius 2 is 2.07 bits per heavy atom. The zero-order chi connectivity index (χ0) is 20.1. The van der Waals surface area contributed by atoms with Gasteiger partial charge in [0.15, 0.2) is 0 Å². The molecule has 0 fully saturated rings. The standard InChI is InChI=1S/C19H18ClFN4O3/c1-2-22-19(27)13-8-12(4-5-14(13)20)23-18(26)10-28-9-17-24-15-6-3-11(21)7-16(15)25-17/h3-8H,2,9-10H2,1H3,(H,22,27)(H,23,26)(H,24,25). The predicted octanol–water partition coefficient (Wildman–Crippen LogP) is 3.26. The molecule has 0 radical (unpaired) electrons. The average Bonchev–Trinajstić information content (AvgIpc) is 3.05. The van der Waals surface area contributed by atoms with Crippen LogP contribution in [0.1, 0.15) is 23.1 Å². The van der Waals surface area contributed by atoms with Crippen LogP contribution in [0.5, 0.6) is 0 Å². The summed E-state index contributed by atoms with van der Waals surface area (Å²) in [5, 5.41) is 5.59. The largest absolute Gasteiger partial charge is 0.364 e. The average molecular weight is 405 g/mol. The van der Waals surface area contributed by atoms with Crippen LogP contribution in [0.15, 0.2) is 36.4 Å². The van der Waals surface area contributed by atoms with Gasteiger partial charge in [-0.25, -0.2) is 9.37 Å². The van der Waals surface area contributed by atoms with Crippen molar-refractivity contribution >= 4 is 40.1 Å². The Hall–Kier alpha value is -2.97. The lowest BCUT2D eigenvalue weighted by Crippen LogP contribution is -2.23. The fourth-order valence-electron chi connectivity index (χ4n) is 2.57. The molecule has 0 unspecified atom stereocenters. The van der Waals surface area contributed by atoms with Gasteiger partial charge >= 0.3 is 0 Å². The topological polar surface area (TPSA) is 96.1 Å². The van der Waals surface area contributed by atoms with E-state index in [0.717, 1.165) is 0 Å². The highest BCUT2D eigenvalue weighted by atomic mass is 35.5. The maximum absolute atomic E-state index is 13.2. The van der Waals surface area contributed by atoms with E-state index < -0.39 is 5.91 Å². The summed E-state index contributed by atoms with van der Waals surface area (Å²) >= 11 is 6.03. The summed E-state index contributed by atoms with van der Waals surface area (Å²) in [6.45, 7) is 2.11. The van der Waals surface area contributed by atoms with E-state index in [-0.39, 0.29) is 30.5 Å². The number of ether oxygens (including phenoxy) is 1. The van der Waals surface area contributed by atoms with Crippen molar-refractivity contribution in [2.45, 2.75) is 13.5 Å². The van der Waals surface area contributed by atoms with Gasteiger partial charge in [0.1, 0.15) is 24.9 Å². The van der Waals surface area contributed by atoms with Gasteiger partial charge in [-0.05, 0) is 43.3 Å². The molecule has 146 valence electrons. The third-order valence-electron chi connectivity index (χ3n) is 3.80. The van der Waals surface area contributed by atoms with Crippen molar-refractivity contribution in [3.8, 4) is 0 Å². The monoisotopic (exact) mass is 404 g/mol. The molecular weight excluding hydrogens is 387 g/mol. The number of amides is 2. The van der Waals surface area contributed by atoms with E-state index in [0.29, 0.717) is 34.1 Å². The van der Waals surface area contributed by atoms with Crippen molar-refractivity contribution in [3.63, 3.8) is 0 Å². The van der Waals surface area contributed by atoms with Crippen LogP contribution in [0.2, 0.25) is 5.02 Å². The van der Waals surface area contributed by atoms with Crippen LogP contribution in [0.25, 0.3) is 11.0 Å². The smallest absolute Gasteiger partial charge is 0.252 e. The van der Waals surface area contributed by atoms with E-state index in [1.807, 2.05) is 0 Å². The number of aromatic amines is 1. The van der Waals surface area contributed by atoms with Crippen LogP contribution < -0.4 is 10.6 Å². The van der Waals surface area contributed by atoms with E-state index in [1.165, 1.54) is 24.3 Å². The quantitative estimate of drug-likeness (QED) is 0.563. The van der Waals surface area contributed by atoms with Crippen molar-refractivity contribution in [2.24, 2.45) is 0 Å². The van der Waals surface area contributed by atoms with Crippen LogP contribution in [0.4, 0.5) is 10.1 Å². The van der Waals surface area contributed by atoms with Crippen LogP contribution in [0.3, 0.4) is 0 Å². The Balaban J connectivity index is 1.55. The molecule has 3 N–H and O–H groups in total. The molecule has 28 heavy (non-hydrogen) atoms. The molecular formula is C19H18ClFN4O3. The second kappa shape index (κ2) is 8.81. The van der Waals surface area contributed by atoms with E-state index in [2.05, 4.69) is 20.6 Å². The lowest BCUT2D eigenvalue weighted by Gasteiger charge is -2.09. The molecule has 1 heterocycles. The van der Waals surface area contributed by atoms with Gasteiger partial charge in [-0.3, -0.25) is 9.59 Å². The molecule has 1 aromatic heterocycles. The molecule has 0 aliphatic rings. The molecule has 7 nitrogen and oxygen atoms in total. The van der Waals surface area contributed by atoms with Crippen molar-refractivity contribution in [3.05, 3.63) is 58.6 Å². The summed E-state index contributed by atoms with van der Waals surface area (Å²) in [4.78, 5) is 31.2. The first-order valence-corrected chi connectivity index (χ1v) is 8.93. The van der Waals surface area contributed by atoms with E-state index in [1.54, 1.807) is 19.1 Å². The number of hydrogen-bond acceptors (Lipinski definition) is 4. The summed E-state index contributed by atoms with van der Waals surface area (Å²) in [6, 6.07) is 8.85. The van der Waals surface area contributed by atoms with Crippen molar-refractivity contribution in [2.75, 3.05) is 18.5 Å². The van der Waals surface area contributed by atoms with Gasteiger partial charge in [0.05, 0.1) is 21.6 Å². The predicted molar refractivity (Wildman–Crippen MR) is 104 cm³/mol. The maximum atomic E-state index is 13.2. The Morgan fingerprint density at radius 3 is 2.86 bits per heavy atom. The first-order valence-electron chi connectivity index (χ1n) is 8.55. The summed E-state index contributed by atoms with van der Waals surface area (Å²) in [6.07, 6.45) is 0. The minimum absolute atomic E-state index is 0.0640. The number of halogens is 2. The number of imidazole rings is 1. The third-order valence-corrected chi connectivity index (χ3v) is 4.13. The zero-order valence-corrected chi connectivity index (χ0v) is 15.8. The molecule has 9 heteroatoms. The van der Waals surface area contributed by atoms with Gasteiger partial charge in [0.25, 0.3) is 5.91 Å². The van der Waals surface area contributed by atoms with E-state index in [9.17, 15) is 14.0 Å². The molecule has 3 aromatic rings. The molecule has 2 aromatic carbocycles. The van der Waals surface area contributed by atoms with E-state index >= 15 is 0 Å². The first kappa shape index (κ1) is 19.8. The fraction of sp³-hybridized carbons (Fsp3) is 0.211. The Morgan fingerprint density at radius 1 is 1.25 bits per heavy atom. The molecule has 0 aliphatic carbocycles. The Labute approximate surface area is 165 Å².